The van der Waals surface area contributed by atoms with Crippen LogP contribution in [0.1, 0.15) is 149 Å². The van der Waals surface area contributed by atoms with Crippen molar-refractivity contribution in [3.63, 3.8) is 0 Å². The largest absolute Gasteiger partial charge is 0.756 e. The summed E-state index contributed by atoms with van der Waals surface area (Å²) in [7, 11) is 1.24. The minimum Gasteiger partial charge on any atom is -0.756 e. The second-order valence-corrected chi connectivity index (χ2v) is 15.0. The highest BCUT2D eigenvalue weighted by Gasteiger charge is 2.23. The average Bonchev–Trinajstić information content (AvgIpc) is 2.97. The number of amides is 1. The fourth-order valence-corrected chi connectivity index (χ4v) is 5.65. The molecule has 45 heavy (non-hydrogen) atoms. The van der Waals surface area contributed by atoms with Crippen molar-refractivity contribution < 1.29 is 32.9 Å². The summed E-state index contributed by atoms with van der Waals surface area (Å²) in [5.41, 5.74) is 0. The monoisotopic (exact) mass is 659 g/mol. The van der Waals surface area contributed by atoms with Gasteiger partial charge in [-0.05, 0) is 32.1 Å². The molecule has 0 aliphatic carbocycles. The van der Waals surface area contributed by atoms with Crippen LogP contribution in [-0.4, -0.2) is 68.5 Å². The van der Waals surface area contributed by atoms with Crippen LogP contribution >= 0.6 is 7.82 Å². The Morgan fingerprint density at radius 2 is 1.24 bits per heavy atom. The third-order valence-corrected chi connectivity index (χ3v) is 8.88. The molecule has 0 aromatic rings. The number of unbranched alkanes of at least 4 members (excludes halogenated alkanes) is 17. The van der Waals surface area contributed by atoms with Crippen LogP contribution in [0.3, 0.4) is 0 Å². The zero-order valence-corrected chi connectivity index (χ0v) is 30.7. The number of carbonyl (C=O) groups excluding carboxylic acids is 1. The van der Waals surface area contributed by atoms with E-state index in [4.69, 9.17) is 9.05 Å². The number of carbonyl (C=O) groups is 1. The van der Waals surface area contributed by atoms with Crippen molar-refractivity contribution in [3.8, 4) is 0 Å². The number of phosphoric ester groups is 1. The minimum absolute atomic E-state index is 0.00523. The molecule has 0 rings (SSSR count). The molecule has 2 N–H and O–H groups in total. The maximum atomic E-state index is 12.6. The van der Waals surface area contributed by atoms with Gasteiger partial charge in [-0.25, -0.2) is 0 Å². The molecule has 0 aromatic carbocycles. The van der Waals surface area contributed by atoms with Crippen molar-refractivity contribution in [2.24, 2.45) is 0 Å². The van der Waals surface area contributed by atoms with Gasteiger partial charge in [0.25, 0.3) is 7.82 Å². The number of rotatable bonds is 32. The first-order valence-corrected chi connectivity index (χ1v) is 19.7. The predicted molar refractivity (Wildman–Crippen MR) is 187 cm³/mol. The lowest BCUT2D eigenvalue weighted by molar-refractivity contribution is -0.870. The van der Waals surface area contributed by atoms with E-state index in [1.165, 1.54) is 89.9 Å². The summed E-state index contributed by atoms with van der Waals surface area (Å²) in [6, 6.07) is -0.894. The molecular weight excluding hydrogens is 587 g/mol. The second kappa shape index (κ2) is 29.1. The van der Waals surface area contributed by atoms with Crippen LogP contribution in [-0.2, 0) is 18.4 Å². The molecule has 266 valence electrons. The van der Waals surface area contributed by atoms with Crippen LogP contribution in [0.4, 0.5) is 0 Å². The van der Waals surface area contributed by atoms with Crippen molar-refractivity contribution in [3.05, 3.63) is 24.3 Å². The Morgan fingerprint density at radius 1 is 0.756 bits per heavy atom. The van der Waals surface area contributed by atoms with Crippen LogP contribution in [0.2, 0.25) is 0 Å². The molecule has 0 aliphatic rings. The number of allylic oxidation sites excluding steroid dienone is 3. The van der Waals surface area contributed by atoms with Crippen LogP contribution in [0.25, 0.3) is 0 Å². The lowest BCUT2D eigenvalue weighted by Crippen LogP contribution is -2.45. The second-order valence-electron chi connectivity index (χ2n) is 13.6. The summed E-state index contributed by atoms with van der Waals surface area (Å²) >= 11 is 0. The molecule has 0 aliphatic heterocycles. The van der Waals surface area contributed by atoms with E-state index in [1.807, 2.05) is 27.2 Å². The number of nitrogens with zero attached hydrogens (tertiary/aromatic N) is 1. The van der Waals surface area contributed by atoms with Crippen LogP contribution < -0.4 is 10.2 Å². The zero-order chi connectivity index (χ0) is 33.7. The highest BCUT2D eigenvalue weighted by molar-refractivity contribution is 7.45. The van der Waals surface area contributed by atoms with Gasteiger partial charge < -0.3 is 28.8 Å². The molecule has 9 heteroatoms. The summed E-state index contributed by atoms with van der Waals surface area (Å²) in [5, 5.41) is 13.6. The van der Waals surface area contributed by atoms with Gasteiger partial charge in [0.15, 0.2) is 0 Å². The highest BCUT2D eigenvalue weighted by Crippen LogP contribution is 2.38. The van der Waals surface area contributed by atoms with Gasteiger partial charge in [-0.2, -0.15) is 0 Å². The number of hydrogen-bond acceptors (Lipinski definition) is 6. The van der Waals surface area contributed by atoms with E-state index in [2.05, 4.69) is 31.3 Å². The molecule has 0 spiro atoms. The molecule has 8 nitrogen and oxygen atoms in total. The molecule has 0 bridgehead atoms. The van der Waals surface area contributed by atoms with Gasteiger partial charge in [-0.3, -0.25) is 9.36 Å². The molecular formula is C36H71N2O6P. The van der Waals surface area contributed by atoms with E-state index in [1.54, 1.807) is 6.08 Å². The van der Waals surface area contributed by atoms with Gasteiger partial charge in [-0.1, -0.05) is 134 Å². The molecule has 0 saturated carbocycles. The first kappa shape index (κ1) is 44.0. The van der Waals surface area contributed by atoms with Gasteiger partial charge in [-0.15, -0.1) is 0 Å². The van der Waals surface area contributed by atoms with E-state index < -0.39 is 26.6 Å². The average molecular weight is 659 g/mol. The Kier molecular flexibility index (Phi) is 28.5. The Balaban J connectivity index is 4.55. The summed E-state index contributed by atoms with van der Waals surface area (Å²) in [6.07, 6.45) is 31.0. The lowest BCUT2D eigenvalue weighted by Gasteiger charge is -2.29. The quantitative estimate of drug-likeness (QED) is 0.0325. The third-order valence-electron chi connectivity index (χ3n) is 7.91. The van der Waals surface area contributed by atoms with Crippen molar-refractivity contribution >= 4 is 13.7 Å². The predicted octanol–water partition coefficient (Wildman–Crippen LogP) is 8.38. The normalized spacial score (nSPS) is 15.1. The minimum atomic E-state index is -4.58. The number of nitrogens with one attached hydrogen (secondary N) is 1. The van der Waals surface area contributed by atoms with E-state index in [-0.39, 0.29) is 12.5 Å². The number of phosphoric acid groups is 1. The van der Waals surface area contributed by atoms with Gasteiger partial charge in [0.1, 0.15) is 13.2 Å². The lowest BCUT2D eigenvalue weighted by atomic mass is 10.1. The fourth-order valence-electron chi connectivity index (χ4n) is 4.93. The van der Waals surface area contributed by atoms with E-state index in [9.17, 15) is 19.4 Å². The van der Waals surface area contributed by atoms with Crippen LogP contribution in [0, 0.1) is 0 Å². The molecule has 1 amide bonds. The molecule has 0 radical (unpaired) electrons. The first-order chi connectivity index (χ1) is 21.5. The maximum Gasteiger partial charge on any atom is 0.268 e. The number of hydrogen-bond donors (Lipinski definition) is 2. The van der Waals surface area contributed by atoms with E-state index in [0.29, 0.717) is 17.4 Å². The first-order valence-electron chi connectivity index (χ1n) is 18.2. The standard InChI is InChI=1S/C36H71N2O6P/c1-6-8-10-12-14-15-16-17-18-19-20-21-22-24-25-27-29-35(39)34(33-44-45(41,42)43-32-31-38(3,4)5)37-36(40)30-28-26-23-13-11-9-7-2/h21-22,27,29,34-35,39H,6-20,23-26,28,30-33H2,1-5H3,(H-,37,40,41,42)/b22-21+,29-27+. The molecule has 0 aromatic heterocycles. The topological polar surface area (TPSA) is 108 Å². The van der Waals surface area contributed by atoms with Crippen LogP contribution in [0.15, 0.2) is 24.3 Å². The van der Waals surface area contributed by atoms with Gasteiger partial charge >= 0.3 is 0 Å². The summed E-state index contributed by atoms with van der Waals surface area (Å²) < 4.78 is 23.0. The van der Waals surface area contributed by atoms with Crippen LogP contribution in [0.5, 0.6) is 0 Å². The SMILES string of the molecule is CCCCCCCCCCCC/C=C/CC/C=C/C(O)C(COP(=O)([O-])OCC[N+](C)(C)C)NC(=O)CCCCCCCCC. The third kappa shape index (κ3) is 31.4. The highest BCUT2D eigenvalue weighted by atomic mass is 31.2. The molecule has 3 atom stereocenters. The number of aliphatic hydroxyl groups excluding tert-OH is 1. The Hall–Kier alpha value is -1.02. The summed E-state index contributed by atoms with van der Waals surface area (Å²) in [5.74, 6) is -0.216. The maximum absolute atomic E-state index is 12.6. The number of likely N-dealkylation sites (N-methyl/N-ethyl adjacent to an activating group) is 1. The van der Waals surface area contributed by atoms with Gasteiger partial charge in [0, 0.05) is 6.42 Å². The zero-order valence-electron chi connectivity index (χ0n) is 29.8. The Morgan fingerprint density at radius 3 is 1.80 bits per heavy atom. The van der Waals surface area contributed by atoms with Gasteiger partial charge in [0.2, 0.25) is 5.91 Å². The molecule has 0 heterocycles. The van der Waals surface area contributed by atoms with Crippen molar-refractivity contribution in [2.75, 3.05) is 40.9 Å². The number of aliphatic hydroxyl groups is 1. The van der Waals surface area contributed by atoms with Crippen molar-refractivity contribution in [1.82, 2.24) is 5.32 Å². The fraction of sp³-hybridized carbons (Fsp3) is 0.861. The molecule has 0 fully saturated rings. The van der Waals surface area contributed by atoms with E-state index in [0.717, 1.165) is 38.5 Å². The summed E-state index contributed by atoms with van der Waals surface area (Å²) in [6.45, 7) is 4.55. The number of quaternary nitrogens is 1. The molecule has 3 unspecified atom stereocenters. The van der Waals surface area contributed by atoms with Gasteiger partial charge in [0.05, 0.1) is 39.9 Å². The summed E-state index contributed by atoms with van der Waals surface area (Å²) in [4.78, 5) is 25.0. The Bertz CT molecular complexity index is 799. The van der Waals surface area contributed by atoms with Crippen molar-refractivity contribution in [1.29, 1.82) is 0 Å². The van der Waals surface area contributed by atoms with Crippen molar-refractivity contribution in [2.45, 2.75) is 161 Å². The smallest absolute Gasteiger partial charge is 0.268 e. The Labute approximate surface area is 277 Å². The molecule has 0 saturated heterocycles. The van der Waals surface area contributed by atoms with E-state index >= 15 is 0 Å².